The number of thiophene rings is 1. The predicted molar refractivity (Wildman–Crippen MR) is 79.5 cm³/mol. The summed E-state index contributed by atoms with van der Waals surface area (Å²) in [6, 6.07) is 9.57. The zero-order chi connectivity index (χ0) is 13.0. The molecule has 0 amide bonds. The summed E-state index contributed by atoms with van der Waals surface area (Å²) in [7, 11) is 2.22. The SMILES string of the molecule is CN1C2CCC1CC(O)(c1csc3ccccc13)C2. The zero-order valence-electron chi connectivity index (χ0n) is 11.2. The fourth-order valence-electron chi connectivity index (χ4n) is 4.00. The summed E-state index contributed by atoms with van der Waals surface area (Å²) in [5.41, 5.74) is 0.552. The van der Waals surface area contributed by atoms with Crippen molar-refractivity contribution in [3.05, 3.63) is 35.2 Å². The van der Waals surface area contributed by atoms with E-state index >= 15 is 0 Å². The van der Waals surface area contributed by atoms with Gasteiger partial charge in [-0.3, -0.25) is 0 Å². The summed E-state index contributed by atoms with van der Waals surface area (Å²) in [5, 5.41) is 14.6. The molecule has 1 N–H and O–H groups in total. The third kappa shape index (κ3) is 1.69. The molecule has 3 heterocycles. The molecule has 2 saturated heterocycles. The Hall–Kier alpha value is -0.900. The van der Waals surface area contributed by atoms with Gasteiger partial charge in [0.15, 0.2) is 0 Å². The van der Waals surface area contributed by atoms with Crippen molar-refractivity contribution in [3.8, 4) is 0 Å². The number of aliphatic hydroxyl groups is 1. The number of benzene rings is 1. The Morgan fingerprint density at radius 2 is 1.89 bits per heavy atom. The molecule has 2 atom stereocenters. The quantitative estimate of drug-likeness (QED) is 0.861. The third-order valence-electron chi connectivity index (χ3n) is 5.11. The molecule has 2 unspecified atom stereocenters. The van der Waals surface area contributed by atoms with Gasteiger partial charge in [-0.2, -0.15) is 0 Å². The maximum absolute atomic E-state index is 11.2. The van der Waals surface area contributed by atoms with Gasteiger partial charge in [0, 0.05) is 22.3 Å². The van der Waals surface area contributed by atoms with Gasteiger partial charge in [-0.1, -0.05) is 18.2 Å². The Bertz CT molecular complexity index is 606. The van der Waals surface area contributed by atoms with E-state index in [9.17, 15) is 5.11 Å². The van der Waals surface area contributed by atoms with Crippen molar-refractivity contribution in [2.75, 3.05) is 7.05 Å². The molecule has 2 bridgehead atoms. The van der Waals surface area contributed by atoms with Crippen LogP contribution < -0.4 is 0 Å². The molecule has 2 nitrogen and oxygen atoms in total. The van der Waals surface area contributed by atoms with E-state index in [-0.39, 0.29) is 0 Å². The van der Waals surface area contributed by atoms with Crippen LogP contribution in [0.25, 0.3) is 10.1 Å². The molecular weight excluding hydrogens is 254 g/mol. The molecule has 19 heavy (non-hydrogen) atoms. The fourth-order valence-corrected chi connectivity index (χ4v) is 5.06. The number of rotatable bonds is 1. The topological polar surface area (TPSA) is 23.5 Å². The molecule has 3 heteroatoms. The van der Waals surface area contributed by atoms with Crippen molar-refractivity contribution < 1.29 is 5.11 Å². The van der Waals surface area contributed by atoms with Gasteiger partial charge in [0.25, 0.3) is 0 Å². The standard InChI is InChI=1S/C16H19NOS/c1-17-11-6-7-12(17)9-16(18,8-11)14-10-19-15-5-3-2-4-13(14)15/h2-5,10-12,18H,6-9H2,1H3. The predicted octanol–water partition coefficient (Wildman–Crippen LogP) is 3.35. The molecule has 0 radical (unpaired) electrons. The van der Waals surface area contributed by atoms with Crippen molar-refractivity contribution >= 4 is 21.4 Å². The average Bonchev–Trinajstić information content (AvgIpc) is 2.92. The molecule has 100 valence electrons. The monoisotopic (exact) mass is 273 g/mol. The third-order valence-corrected chi connectivity index (χ3v) is 6.08. The van der Waals surface area contributed by atoms with Crippen molar-refractivity contribution in [3.63, 3.8) is 0 Å². The lowest BCUT2D eigenvalue weighted by atomic mass is 9.80. The minimum absolute atomic E-state index is 0.558. The first kappa shape index (κ1) is 11.9. The van der Waals surface area contributed by atoms with Crippen LogP contribution in [0.3, 0.4) is 0 Å². The van der Waals surface area contributed by atoms with Gasteiger partial charge < -0.3 is 10.0 Å². The zero-order valence-corrected chi connectivity index (χ0v) is 12.0. The van der Waals surface area contributed by atoms with E-state index in [0.717, 1.165) is 18.4 Å². The Morgan fingerprint density at radius 3 is 2.63 bits per heavy atom. The number of fused-ring (bicyclic) bond motifs is 3. The van der Waals surface area contributed by atoms with Gasteiger partial charge in [-0.25, -0.2) is 0 Å². The average molecular weight is 273 g/mol. The smallest absolute Gasteiger partial charge is 0.0940 e. The van der Waals surface area contributed by atoms with Gasteiger partial charge >= 0.3 is 0 Å². The molecule has 1 aromatic carbocycles. The molecule has 2 fully saturated rings. The first-order chi connectivity index (χ1) is 9.17. The Kier molecular flexibility index (Phi) is 2.53. The highest BCUT2D eigenvalue weighted by molar-refractivity contribution is 7.17. The largest absolute Gasteiger partial charge is 0.385 e. The summed E-state index contributed by atoms with van der Waals surface area (Å²) in [4.78, 5) is 2.48. The fraction of sp³-hybridized carbons (Fsp3) is 0.500. The van der Waals surface area contributed by atoms with Gasteiger partial charge in [0.05, 0.1) is 5.60 Å². The highest BCUT2D eigenvalue weighted by Crippen LogP contribution is 2.47. The first-order valence-electron chi connectivity index (χ1n) is 7.08. The van der Waals surface area contributed by atoms with E-state index in [1.807, 2.05) is 0 Å². The molecule has 2 aromatic rings. The Labute approximate surface area is 117 Å². The number of hydrogen-bond donors (Lipinski definition) is 1. The summed E-state index contributed by atoms with van der Waals surface area (Å²) in [5.74, 6) is 0. The minimum atomic E-state index is -0.613. The van der Waals surface area contributed by atoms with Crippen LogP contribution in [0, 0.1) is 0 Å². The van der Waals surface area contributed by atoms with Crippen molar-refractivity contribution in [2.24, 2.45) is 0 Å². The van der Waals surface area contributed by atoms with Gasteiger partial charge in [-0.15, -0.1) is 11.3 Å². The van der Waals surface area contributed by atoms with E-state index in [2.05, 4.69) is 41.6 Å². The van der Waals surface area contributed by atoms with Gasteiger partial charge in [0.1, 0.15) is 0 Å². The van der Waals surface area contributed by atoms with Crippen LogP contribution >= 0.6 is 11.3 Å². The van der Waals surface area contributed by atoms with Crippen LogP contribution in [0.5, 0.6) is 0 Å². The van der Waals surface area contributed by atoms with Crippen molar-refractivity contribution in [1.29, 1.82) is 0 Å². The molecule has 0 saturated carbocycles. The second-order valence-corrected chi connectivity index (χ2v) is 7.05. The highest BCUT2D eigenvalue weighted by Gasteiger charge is 2.47. The van der Waals surface area contributed by atoms with E-state index in [1.165, 1.54) is 22.9 Å². The Balaban J connectivity index is 1.79. The van der Waals surface area contributed by atoms with E-state index in [4.69, 9.17) is 0 Å². The minimum Gasteiger partial charge on any atom is -0.385 e. The molecule has 0 spiro atoms. The van der Waals surface area contributed by atoms with Crippen molar-refractivity contribution in [2.45, 2.75) is 43.4 Å². The lowest BCUT2D eigenvalue weighted by Gasteiger charge is -2.42. The Morgan fingerprint density at radius 1 is 1.21 bits per heavy atom. The summed E-state index contributed by atoms with van der Waals surface area (Å²) in [6.45, 7) is 0. The van der Waals surface area contributed by atoms with Crippen LogP contribution in [0.15, 0.2) is 29.6 Å². The normalized spacial score (nSPS) is 35.1. The first-order valence-corrected chi connectivity index (χ1v) is 7.96. The summed E-state index contributed by atoms with van der Waals surface area (Å²) < 4.78 is 1.29. The van der Waals surface area contributed by atoms with Crippen LogP contribution in [-0.2, 0) is 5.60 Å². The molecule has 4 rings (SSSR count). The van der Waals surface area contributed by atoms with Gasteiger partial charge in [0.2, 0.25) is 0 Å². The molecule has 2 aliphatic heterocycles. The number of piperidine rings is 1. The van der Waals surface area contributed by atoms with E-state index < -0.39 is 5.60 Å². The maximum Gasteiger partial charge on any atom is 0.0940 e. The summed E-state index contributed by atoms with van der Waals surface area (Å²) >= 11 is 1.76. The maximum atomic E-state index is 11.2. The second-order valence-electron chi connectivity index (χ2n) is 6.14. The summed E-state index contributed by atoms with van der Waals surface area (Å²) in [6.07, 6.45) is 4.26. The van der Waals surface area contributed by atoms with Crippen LogP contribution in [0.4, 0.5) is 0 Å². The molecule has 2 aliphatic rings. The van der Waals surface area contributed by atoms with E-state index in [1.54, 1.807) is 11.3 Å². The van der Waals surface area contributed by atoms with Gasteiger partial charge in [-0.05, 0) is 49.6 Å². The lowest BCUT2D eigenvalue weighted by molar-refractivity contribution is -0.0480. The van der Waals surface area contributed by atoms with E-state index in [0.29, 0.717) is 12.1 Å². The molecule has 1 aromatic heterocycles. The lowest BCUT2D eigenvalue weighted by Crippen LogP contribution is -2.47. The van der Waals surface area contributed by atoms with Crippen LogP contribution in [-0.4, -0.2) is 29.1 Å². The number of nitrogens with zero attached hydrogens (tertiary/aromatic N) is 1. The molecule has 0 aliphatic carbocycles. The second kappa shape index (κ2) is 4.05. The number of hydrogen-bond acceptors (Lipinski definition) is 3. The van der Waals surface area contributed by atoms with Crippen LogP contribution in [0.1, 0.15) is 31.2 Å². The van der Waals surface area contributed by atoms with Crippen molar-refractivity contribution in [1.82, 2.24) is 4.90 Å². The van der Waals surface area contributed by atoms with Crippen LogP contribution in [0.2, 0.25) is 0 Å². The highest BCUT2D eigenvalue weighted by atomic mass is 32.1. The molecular formula is C16H19NOS.